The fourth-order valence-electron chi connectivity index (χ4n) is 9.24. The topological polar surface area (TPSA) is 189 Å². The first-order valence-corrected chi connectivity index (χ1v) is 30.9. The Morgan fingerprint density at radius 1 is 0.476 bits per heavy atom. The highest BCUT2D eigenvalue weighted by atomic mass is 32.2. The minimum atomic E-state index is -2.65. The largest absolute Gasteiger partial charge is 0.457 e. The minimum absolute atomic E-state index is 0.0302. The van der Waals surface area contributed by atoms with Crippen LogP contribution in [0.2, 0.25) is 0 Å². The lowest BCUT2D eigenvalue weighted by Crippen LogP contribution is -2.52. The van der Waals surface area contributed by atoms with Crippen molar-refractivity contribution in [2.75, 3.05) is 13.1 Å². The van der Waals surface area contributed by atoms with Gasteiger partial charge < -0.3 is 28.4 Å². The molecule has 8 aromatic rings. The predicted octanol–water partition coefficient (Wildman–Crippen LogP) is 12.4. The van der Waals surface area contributed by atoms with Gasteiger partial charge in [-0.2, -0.15) is 0 Å². The standard InChI is InChI=1S/C58H40N4O12S8/c1-3-61-49(63)47(81-55(61)75)59-37-25-35-41(77-37)43-39(73-57(35,51(65)69-27-31-17-9-5-10-18-31)52(66)70-28-32-19-11-6-12-20-32)45-46(79-43)40-44(80-45)42-36(26-38(78-42)60-48-50(64)62(4-2)56(76)82-48)58(74-40,53(67)71-29-33-21-13-7-14-22-33)54(68)72-30-34-23-15-8-16-24-34/h5-26H,3-4,27-30H2,1-2H3. The molecule has 8 heterocycles. The highest BCUT2D eigenvalue weighted by Gasteiger charge is 2.62. The number of esters is 4. The summed E-state index contributed by atoms with van der Waals surface area (Å²) in [5.74, 6) is -5.13. The molecule has 0 radical (unpaired) electrons. The predicted molar refractivity (Wildman–Crippen MR) is 325 cm³/mol. The Morgan fingerprint density at radius 3 is 1.06 bits per heavy atom. The van der Waals surface area contributed by atoms with E-state index in [1.54, 1.807) is 111 Å². The highest BCUT2D eigenvalue weighted by Crippen LogP contribution is 2.65. The third-order valence-corrected chi connectivity index (χ3v) is 20.8. The molecule has 0 spiro atoms. The van der Waals surface area contributed by atoms with Crippen molar-refractivity contribution in [3.8, 4) is 31.0 Å². The molecule has 16 nitrogen and oxygen atoms in total. The molecule has 4 aromatic carbocycles. The monoisotopic (exact) mass is 1240 g/mol. The van der Waals surface area contributed by atoms with Gasteiger partial charge in [-0.05, 0) is 71.8 Å². The fraction of sp³-hybridized carbons (Fsp3) is 0.172. The molecule has 24 heteroatoms. The van der Waals surface area contributed by atoms with Gasteiger partial charge in [0, 0.05) is 24.2 Å². The first-order chi connectivity index (χ1) is 39.8. The molecule has 12 rings (SSSR count). The summed E-state index contributed by atoms with van der Waals surface area (Å²) in [6.07, 6.45) is 0. The number of ether oxygens (including phenoxy) is 6. The van der Waals surface area contributed by atoms with E-state index in [-0.39, 0.29) is 69.1 Å². The molecular weight excluding hydrogens is 1200 g/mol. The number of carbonyl (C=O) groups excluding carboxylic acids is 6. The number of carbonyl (C=O) groups is 6. The van der Waals surface area contributed by atoms with Gasteiger partial charge in [-0.25, -0.2) is 29.2 Å². The van der Waals surface area contributed by atoms with Crippen LogP contribution in [0.4, 0.5) is 10.0 Å². The molecule has 2 fully saturated rings. The number of hydrogen-bond donors (Lipinski definition) is 0. The van der Waals surface area contributed by atoms with Gasteiger partial charge in [0.1, 0.15) is 45.1 Å². The summed E-state index contributed by atoms with van der Waals surface area (Å²) >= 11 is 17.6. The van der Waals surface area contributed by atoms with Crippen LogP contribution in [0.5, 0.6) is 11.5 Å². The quantitative estimate of drug-likeness (QED) is 0.0384. The van der Waals surface area contributed by atoms with Gasteiger partial charge in [-0.3, -0.25) is 19.4 Å². The normalized spacial score (nSPS) is 16.6. The van der Waals surface area contributed by atoms with Crippen LogP contribution < -0.4 is 9.47 Å². The van der Waals surface area contributed by atoms with Crippen LogP contribution in [-0.2, 0) is 85.3 Å². The molecule has 4 aromatic heterocycles. The Balaban J connectivity index is 1.06. The van der Waals surface area contributed by atoms with Crippen molar-refractivity contribution in [1.29, 1.82) is 0 Å². The number of thioether (sulfide) groups is 2. The number of thiophene rings is 4. The Labute approximate surface area is 502 Å². The number of thiocarbonyl (C=S) groups is 2. The first-order valence-electron chi connectivity index (χ1n) is 25.2. The lowest BCUT2D eigenvalue weighted by molar-refractivity contribution is -0.185. The molecule has 0 aliphatic carbocycles. The zero-order valence-electron chi connectivity index (χ0n) is 42.9. The SMILES string of the molecule is CCN1C(=O)C(=Nc2cc3c(s2)-c2sc4c5c(sc4c2OC3(C(=O)OCc2ccccc2)C(=O)OCc2ccccc2)-c2sc(N=C3SC(=S)N(CC)C3=O)cc2C(C(=O)OCc2ccccc2)(C(=O)OCc2ccccc2)O5)SC1=S. The Bertz CT molecular complexity index is 3640. The maximum atomic E-state index is 15.3. The summed E-state index contributed by atoms with van der Waals surface area (Å²) in [5.41, 5.74) is -2.75. The van der Waals surface area contributed by atoms with E-state index in [1.807, 2.05) is 24.3 Å². The molecule has 0 atom stereocenters. The molecule has 4 aliphatic rings. The molecule has 2 saturated heterocycles. The molecule has 82 heavy (non-hydrogen) atoms. The van der Waals surface area contributed by atoms with Crippen molar-refractivity contribution in [3.05, 3.63) is 167 Å². The van der Waals surface area contributed by atoms with Crippen molar-refractivity contribution < 1.29 is 57.2 Å². The van der Waals surface area contributed by atoms with Crippen molar-refractivity contribution in [3.63, 3.8) is 0 Å². The second-order valence-electron chi connectivity index (χ2n) is 18.3. The Hall–Kier alpha value is -7.42. The van der Waals surface area contributed by atoms with E-state index in [1.165, 1.54) is 21.9 Å². The van der Waals surface area contributed by atoms with Crippen LogP contribution in [0.1, 0.15) is 47.2 Å². The van der Waals surface area contributed by atoms with Crippen LogP contribution in [0.15, 0.2) is 143 Å². The number of fused-ring (bicyclic) bond motifs is 9. The summed E-state index contributed by atoms with van der Waals surface area (Å²) in [4.78, 5) is 102. The van der Waals surface area contributed by atoms with E-state index < -0.39 is 46.9 Å². The molecule has 4 aliphatic heterocycles. The van der Waals surface area contributed by atoms with Crippen LogP contribution in [0, 0.1) is 0 Å². The summed E-state index contributed by atoms with van der Waals surface area (Å²) < 4.78 is 39.6. The van der Waals surface area contributed by atoms with Gasteiger partial charge in [-0.15, -0.1) is 45.3 Å². The van der Waals surface area contributed by atoms with Gasteiger partial charge in [0.2, 0.25) is 0 Å². The van der Waals surface area contributed by atoms with Crippen LogP contribution >= 0.6 is 93.3 Å². The third-order valence-electron chi connectivity index (χ3n) is 13.3. The van der Waals surface area contributed by atoms with E-state index in [9.17, 15) is 9.59 Å². The smallest absolute Gasteiger partial charge is 0.367 e. The average Bonchev–Trinajstić information content (AvgIpc) is 1.69. The summed E-state index contributed by atoms with van der Waals surface area (Å²) in [5, 5.41) is 0.615. The van der Waals surface area contributed by atoms with Gasteiger partial charge in [0.25, 0.3) is 11.8 Å². The Kier molecular flexibility index (Phi) is 15.3. The molecule has 0 unspecified atom stereocenters. The van der Waals surface area contributed by atoms with Crippen molar-refractivity contribution >= 4 is 167 Å². The fourth-order valence-corrected chi connectivity index (χ4v) is 17.0. The van der Waals surface area contributed by atoms with E-state index >= 15 is 19.2 Å². The van der Waals surface area contributed by atoms with E-state index in [2.05, 4.69) is 0 Å². The number of hydrogen-bond acceptors (Lipinski definition) is 22. The zero-order chi connectivity index (χ0) is 56.9. The van der Waals surface area contributed by atoms with Crippen LogP contribution in [0.3, 0.4) is 0 Å². The second-order valence-corrected chi connectivity index (χ2v) is 25.7. The number of aliphatic imine (C=N–C) groups is 2. The second kappa shape index (κ2) is 22.7. The third kappa shape index (κ3) is 9.82. The molecule has 0 N–H and O–H groups in total. The lowest BCUT2D eigenvalue weighted by atomic mass is 9.90. The molecule has 2 amide bonds. The summed E-state index contributed by atoms with van der Waals surface area (Å²) in [7, 11) is 0. The van der Waals surface area contributed by atoms with E-state index in [0.717, 1.165) is 68.9 Å². The van der Waals surface area contributed by atoms with E-state index in [0.29, 0.717) is 72.9 Å². The van der Waals surface area contributed by atoms with Gasteiger partial charge >= 0.3 is 35.1 Å². The molecular formula is C58H40N4O12S8. The summed E-state index contributed by atoms with van der Waals surface area (Å²) in [6.45, 7) is 3.20. The minimum Gasteiger partial charge on any atom is -0.457 e. The van der Waals surface area contributed by atoms with Gasteiger partial charge in [0.15, 0.2) is 21.6 Å². The average molecular weight is 1240 g/mol. The first kappa shape index (κ1) is 55.1. The number of amides is 2. The molecule has 0 saturated carbocycles. The number of benzene rings is 4. The summed E-state index contributed by atoms with van der Waals surface area (Å²) in [6, 6.07) is 38.7. The number of nitrogens with zero attached hydrogens (tertiary/aromatic N) is 4. The van der Waals surface area contributed by atoms with Crippen molar-refractivity contribution in [2.45, 2.75) is 51.5 Å². The van der Waals surface area contributed by atoms with Crippen molar-refractivity contribution in [1.82, 2.24) is 9.80 Å². The van der Waals surface area contributed by atoms with Gasteiger partial charge in [-0.1, -0.05) is 146 Å². The maximum Gasteiger partial charge on any atom is 0.367 e. The molecule has 412 valence electrons. The lowest BCUT2D eigenvalue weighted by Gasteiger charge is -2.33. The van der Waals surface area contributed by atoms with Gasteiger partial charge in [0.05, 0.1) is 28.9 Å². The Morgan fingerprint density at radius 2 is 0.780 bits per heavy atom. The van der Waals surface area contributed by atoms with Crippen molar-refractivity contribution in [2.24, 2.45) is 9.98 Å². The maximum absolute atomic E-state index is 15.3. The van der Waals surface area contributed by atoms with E-state index in [4.69, 9.17) is 62.8 Å². The zero-order valence-corrected chi connectivity index (χ0v) is 49.4. The van der Waals surface area contributed by atoms with Crippen LogP contribution in [0.25, 0.3) is 28.9 Å². The van der Waals surface area contributed by atoms with Crippen LogP contribution in [-0.4, -0.2) is 77.3 Å². The number of rotatable bonds is 16. The highest BCUT2D eigenvalue weighted by molar-refractivity contribution is 8.35. The molecule has 0 bridgehead atoms.